The van der Waals surface area contributed by atoms with Gasteiger partial charge in [-0.05, 0) is 72.1 Å². The Labute approximate surface area is 123 Å². The Morgan fingerprint density at radius 2 is 1.90 bits per heavy atom. The van der Waals surface area contributed by atoms with Crippen LogP contribution in [-0.4, -0.2) is 7.11 Å². The molecule has 1 saturated carbocycles. The van der Waals surface area contributed by atoms with Crippen LogP contribution in [0.2, 0.25) is 0 Å². The average Bonchev–Trinajstić information content (AvgIpc) is 2.37. The highest BCUT2D eigenvalue weighted by Crippen LogP contribution is 2.57. The van der Waals surface area contributed by atoms with E-state index in [1.54, 1.807) is 18.2 Å². The Morgan fingerprint density at radius 3 is 2.60 bits per heavy atom. The molecule has 1 aromatic carbocycles. The molecule has 1 nitrogen and oxygen atoms in total. The SMILES string of the molecule is COc1cc2c(cc1C)CC[C@@H]1C(C)(C)CCC[C@]21C. The van der Waals surface area contributed by atoms with Crippen molar-refractivity contribution in [1.82, 2.24) is 0 Å². The lowest BCUT2D eigenvalue weighted by Gasteiger charge is -2.54. The van der Waals surface area contributed by atoms with Gasteiger partial charge in [-0.15, -0.1) is 0 Å². The molecule has 1 heteroatoms. The molecule has 0 aromatic heterocycles. The lowest BCUT2D eigenvalue weighted by molar-refractivity contribution is 0.0406. The molecule has 0 spiro atoms. The first-order chi connectivity index (χ1) is 9.38. The van der Waals surface area contributed by atoms with E-state index in [-0.39, 0.29) is 0 Å². The Kier molecular flexibility index (Phi) is 3.15. The first-order valence-corrected chi connectivity index (χ1v) is 8.06. The molecule has 0 radical (unpaired) electrons. The van der Waals surface area contributed by atoms with E-state index < -0.39 is 0 Å². The summed E-state index contributed by atoms with van der Waals surface area (Å²) in [7, 11) is 1.79. The fraction of sp³-hybridized carbons (Fsp3) is 0.684. The summed E-state index contributed by atoms with van der Waals surface area (Å²) < 4.78 is 5.59. The molecule has 1 fully saturated rings. The molecule has 110 valence electrons. The molecule has 0 amide bonds. The van der Waals surface area contributed by atoms with Gasteiger partial charge < -0.3 is 4.74 Å². The van der Waals surface area contributed by atoms with Crippen LogP contribution in [0, 0.1) is 18.3 Å². The zero-order valence-corrected chi connectivity index (χ0v) is 13.7. The Morgan fingerprint density at radius 1 is 1.15 bits per heavy atom. The minimum absolute atomic E-state index is 0.344. The van der Waals surface area contributed by atoms with E-state index in [1.165, 1.54) is 37.7 Å². The molecule has 0 N–H and O–H groups in total. The molecule has 2 aliphatic rings. The first kappa shape index (κ1) is 14.0. The zero-order valence-electron chi connectivity index (χ0n) is 13.7. The number of benzene rings is 1. The number of ether oxygens (including phenoxy) is 1. The Balaban J connectivity index is 2.14. The van der Waals surface area contributed by atoms with E-state index in [0.29, 0.717) is 10.8 Å². The van der Waals surface area contributed by atoms with Gasteiger partial charge in [-0.3, -0.25) is 0 Å². The van der Waals surface area contributed by atoms with Crippen LogP contribution >= 0.6 is 0 Å². The second-order valence-electron chi connectivity index (χ2n) is 7.83. The predicted molar refractivity (Wildman–Crippen MR) is 84.5 cm³/mol. The van der Waals surface area contributed by atoms with Crippen molar-refractivity contribution in [2.45, 2.75) is 65.2 Å². The van der Waals surface area contributed by atoms with Crippen LogP contribution in [0.25, 0.3) is 0 Å². The molecule has 0 saturated heterocycles. The van der Waals surface area contributed by atoms with Gasteiger partial charge in [0.2, 0.25) is 0 Å². The van der Waals surface area contributed by atoms with E-state index in [2.05, 4.69) is 39.8 Å². The molecule has 2 aliphatic carbocycles. The minimum atomic E-state index is 0.344. The van der Waals surface area contributed by atoms with Gasteiger partial charge >= 0.3 is 0 Å². The second kappa shape index (κ2) is 4.51. The van der Waals surface area contributed by atoms with Crippen molar-refractivity contribution < 1.29 is 4.74 Å². The van der Waals surface area contributed by atoms with Crippen LogP contribution in [0.4, 0.5) is 0 Å². The number of aryl methyl sites for hydroxylation is 2. The maximum atomic E-state index is 5.59. The van der Waals surface area contributed by atoms with Gasteiger partial charge in [0.05, 0.1) is 7.11 Å². The zero-order chi connectivity index (χ0) is 14.5. The summed E-state index contributed by atoms with van der Waals surface area (Å²) >= 11 is 0. The van der Waals surface area contributed by atoms with Gasteiger partial charge in [-0.2, -0.15) is 0 Å². The highest BCUT2D eigenvalue weighted by molar-refractivity contribution is 5.47. The van der Waals surface area contributed by atoms with Crippen LogP contribution in [0.1, 0.15) is 63.1 Å². The van der Waals surface area contributed by atoms with E-state index in [0.717, 1.165) is 11.7 Å². The van der Waals surface area contributed by atoms with Crippen molar-refractivity contribution in [3.63, 3.8) is 0 Å². The standard InChI is InChI=1S/C19H28O/c1-13-11-14-7-8-17-18(2,3)9-6-10-19(17,4)15(14)12-16(13)20-5/h11-12,17H,6-10H2,1-5H3/t17-,19-/m1/s1. The van der Waals surface area contributed by atoms with Crippen molar-refractivity contribution in [3.05, 3.63) is 28.8 Å². The van der Waals surface area contributed by atoms with E-state index in [1.807, 2.05) is 0 Å². The summed E-state index contributed by atoms with van der Waals surface area (Å²) in [4.78, 5) is 0. The van der Waals surface area contributed by atoms with Crippen LogP contribution in [0.3, 0.4) is 0 Å². The van der Waals surface area contributed by atoms with Crippen LogP contribution in [-0.2, 0) is 11.8 Å². The van der Waals surface area contributed by atoms with Gasteiger partial charge in [0, 0.05) is 0 Å². The molecule has 0 unspecified atom stereocenters. The maximum absolute atomic E-state index is 5.59. The molecular weight excluding hydrogens is 244 g/mol. The minimum Gasteiger partial charge on any atom is -0.496 e. The van der Waals surface area contributed by atoms with E-state index in [9.17, 15) is 0 Å². The Bertz CT molecular complexity index is 529. The summed E-state index contributed by atoms with van der Waals surface area (Å²) in [5, 5.41) is 0. The average molecular weight is 272 g/mol. The molecule has 1 aromatic rings. The lowest BCUT2D eigenvalue weighted by Crippen LogP contribution is -2.47. The van der Waals surface area contributed by atoms with Crippen molar-refractivity contribution in [2.24, 2.45) is 11.3 Å². The van der Waals surface area contributed by atoms with Crippen molar-refractivity contribution >= 4 is 0 Å². The highest BCUT2D eigenvalue weighted by Gasteiger charge is 2.49. The van der Waals surface area contributed by atoms with Crippen LogP contribution in [0.15, 0.2) is 12.1 Å². The van der Waals surface area contributed by atoms with Crippen LogP contribution in [0.5, 0.6) is 5.75 Å². The summed E-state index contributed by atoms with van der Waals surface area (Å²) in [6.07, 6.45) is 6.66. The third-order valence-electron chi connectivity index (χ3n) is 6.17. The molecule has 3 rings (SSSR count). The smallest absolute Gasteiger partial charge is 0.122 e. The number of hydrogen-bond donors (Lipinski definition) is 0. The van der Waals surface area contributed by atoms with Crippen molar-refractivity contribution in [3.8, 4) is 5.75 Å². The summed E-state index contributed by atoms with van der Waals surface area (Å²) in [6, 6.07) is 4.72. The van der Waals surface area contributed by atoms with Crippen LogP contribution < -0.4 is 4.74 Å². The van der Waals surface area contributed by atoms with Gasteiger partial charge in [0.25, 0.3) is 0 Å². The topological polar surface area (TPSA) is 9.23 Å². The lowest BCUT2D eigenvalue weighted by atomic mass is 9.50. The number of hydrogen-bond acceptors (Lipinski definition) is 1. The molecule has 2 atom stereocenters. The predicted octanol–water partition coefficient (Wildman–Crippen LogP) is 5.03. The summed E-state index contributed by atoms with van der Waals surface area (Å²) in [5.41, 5.74) is 5.24. The third-order valence-corrected chi connectivity index (χ3v) is 6.17. The summed E-state index contributed by atoms with van der Waals surface area (Å²) in [6.45, 7) is 9.63. The quantitative estimate of drug-likeness (QED) is 0.696. The maximum Gasteiger partial charge on any atom is 0.122 e. The Hall–Kier alpha value is -0.980. The fourth-order valence-electron chi connectivity index (χ4n) is 5.16. The number of methoxy groups -OCH3 is 1. The molecule has 20 heavy (non-hydrogen) atoms. The van der Waals surface area contributed by atoms with E-state index in [4.69, 9.17) is 4.74 Å². The first-order valence-electron chi connectivity index (χ1n) is 8.06. The molecule has 0 aliphatic heterocycles. The number of rotatable bonds is 1. The van der Waals surface area contributed by atoms with E-state index >= 15 is 0 Å². The van der Waals surface area contributed by atoms with Gasteiger partial charge in [0.1, 0.15) is 5.75 Å². The summed E-state index contributed by atoms with van der Waals surface area (Å²) in [5.74, 6) is 1.87. The monoisotopic (exact) mass is 272 g/mol. The van der Waals surface area contributed by atoms with Gasteiger partial charge in [-0.1, -0.05) is 33.3 Å². The molecule has 0 heterocycles. The van der Waals surface area contributed by atoms with Crippen molar-refractivity contribution in [2.75, 3.05) is 7.11 Å². The second-order valence-corrected chi connectivity index (χ2v) is 7.83. The molecule has 0 bridgehead atoms. The third kappa shape index (κ3) is 1.89. The largest absolute Gasteiger partial charge is 0.496 e. The van der Waals surface area contributed by atoms with Gasteiger partial charge in [-0.25, -0.2) is 0 Å². The molecular formula is C19H28O. The highest BCUT2D eigenvalue weighted by atomic mass is 16.5. The normalized spacial score (nSPS) is 31.4. The number of fused-ring (bicyclic) bond motifs is 3. The fourth-order valence-corrected chi connectivity index (χ4v) is 5.16. The van der Waals surface area contributed by atoms with Gasteiger partial charge in [0.15, 0.2) is 0 Å². The van der Waals surface area contributed by atoms with Crippen molar-refractivity contribution in [1.29, 1.82) is 0 Å².